The monoisotopic (exact) mass is 403 g/mol. The van der Waals surface area contributed by atoms with Crippen molar-refractivity contribution in [2.24, 2.45) is 0 Å². The lowest BCUT2D eigenvalue weighted by Gasteiger charge is -2.15. The maximum atomic E-state index is 8.81. The smallest absolute Gasteiger partial charge is 0.327 e. The Kier molecular flexibility index (Phi) is 10.2. The molecule has 148 valence electrons. The van der Waals surface area contributed by atoms with Crippen LogP contribution in [0.4, 0.5) is 0 Å². The first-order valence-corrected chi connectivity index (χ1v) is 11.1. The van der Waals surface area contributed by atoms with Gasteiger partial charge in [-0.05, 0) is 30.5 Å². The van der Waals surface area contributed by atoms with Crippen LogP contribution in [0.15, 0.2) is 18.2 Å². The summed E-state index contributed by atoms with van der Waals surface area (Å²) >= 11 is 6.42. The molecule has 0 saturated carbocycles. The van der Waals surface area contributed by atoms with Crippen molar-refractivity contribution in [2.75, 3.05) is 13.2 Å². The van der Waals surface area contributed by atoms with Gasteiger partial charge in [0.05, 0.1) is 6.61 Å². The van der Waals surface area contributed by atoms with Gasteiger partial charge in [0, 0.05) is 24.0 Å². The molecule has 0 radical (unpaired) electrons. The zero-order chi connectivity index (χ0) is 18.8. The van der Waals surface area contributed by atoms with E-state index in [4.69, 9.17) is 30.6 Å². The molecule has 26 heavy (non-hydrogen) atoms. The third-order valence-corrected chi connectivity index (χ3v) is 5.43. The molecule has 1 aromatic rings. The van der Waals surface area contributed by atoms with E-state index in [2.05, 4.69) is 18.3 Å². The van der Waals surface area contributed by atoms with Crippen LogP contribution in [0.1, 0.15) is 57.4 Å². The summed E-state index contributed by atoms with van der Waals surface area (Å²) in [5, 5.41) is 4.03. The highest BCUT2D eigenvalue weighted by Crippen LogP contribution is 2.28. The number of halogens is 1. The minimum atomic E-state index is -2.30. The first-order chi connectivity index (χ1) is 12.6. The fourth-order valence-electron chi connectivity index (χ4n) is 3.25. The predicted molar refractivity (Wildman–Crippen MR) is 107 cm³/mol. The van der Waals surface area contributed by atoms with Gasteiger partial charge in [0.25, 0.3) is 0 Å². The van der Waals surface area contributed by atoms with Gasteiger partial charge in [-0.15, -0.1) is 0 Å². The quantitative estimate of drug-likeness (QED) is 0.352. The maximum absolute atomic E-state index is 8.81. The molecule has 1 aliphatic heterocycles. The third kappa shape index (κ3) is 8.08. The Balaban J connectivity index is 1.71. The number of aryl methyl sites for hydroxylation is 1. The first kappa shape index (κ1) is 21.9. The predicted octanol–water partition coefficient (Wildman–Crippen LogP) is 4.58. The summed E-state index contributed by atoms with van der Waals surface area (Å²) in [4.78, 5) is 17.6. The molecule has 0 aliphatic carbocycles. The molecule has 1 saturated heterocycles. The van der Waals surface area contributed by atoms with Crippen LogP contribution in [0.3, 0.4) is 0 Å². The minimum absolute atomic E-state index is 0.0349. The highest BCUT2D eigenvalue weighted by Gasteiger charge is 2.26. The molecule has 3 N–H and O–H groups in total. The Morgan fingerprint density at radius 3 is 2.69 bits per heavy atom. The molecule has 0 amide bonds. The van der Waals surface area contributed by atoms with Crippen LogP contribution in [-0.4, -0.2) is 35.1 Å². The summed E-state index contributed by atoms with van der Waals surface area (Å²) in [6.45, 7) is 3.22. The fraction of sp³-hybridized carbons (Fsp3) is 0.684. The minimum Gasteiger partial charge on any atom is -0.489 e. The van der Waals surface area contributed by atoms with Gasteiger partial charge in [0.1, 0.15) is 11.9 Å². The van der Waals surface area contributed by atoms with E-state index in [0.717, 1.165) is 23.6 Å². The largest absolute Gasteiger partial charge is 0.489 e. The van der Waals surface area contributed by atoms with Crippen LogP contribution < -0.4 is 10.1 Å². The SMILES string of the molecule is CCCCCCCCc1ccc(OC2CN[C@@H](COP(O)O)C2)cc1Cl. The number of unbranched alkanes of at least 4 members (excludes halogenated alkanes) is 5. The van der Waals surface area contributed by atoms with Gasteiger partial charge in [-0.2, -0.15) is 0 Å². The molecule has 0 aromatic heterocycles. The molecule has 7 heteroatoms. The molecule has 1 aromatic carbocycles. The highest BCUT2D eigenvalue weighted by molar-refractivity contribution is 7.39. The summed E-state index contributed by atoms with van der Waals surface area (Å²) in [6.07, 6.45) is 9.50. The zero-order valence-corrected chi connectivity index (χ0v) is 17.1. The first-order valence-electron chi connectivity index (χ1n) is 9.57. The fourth-order valence-corrected chi connectivity index (χ4v) is 3.83. The van der Waals surface area contributed by atoms with Gasteiger partial charge >= 0.3 is 8.60 Å². The molecule has 2 atom stereocenters. The Morgan fingerprint density at radius 1 is 1.19 bits per heavy atom. The molecule has 0 spiro atoms. The molecular weight excluding hydrogens is 373 g/mol. The second-order valence-corrected chi connectivity index (χ2v) is 8.07. The maximum Gasteiger partial charge on any atom is 0.327 e. The normalized spacial score (nSPS) is 20.0. The Labute approximate surface area is 163 Å². The number of ether oxygens (including phenoxy) is 1. The Morgan fingerprint density at radius 2 is 1.96 bits per heavy atom. The van der Waals surface area contributed by atoms with Crippen LogP contribution in [0.25, 0.3) is 0 Å². The van der Waals surface area contributed by atoms with E-state index in [1.807, 2.05) is 12.1 Å². The average Bonchev–Trinajstić information content (AvgIpc) is 3.05. The molecule has 1 unspecified atom stereocenters. The molecule has 2 rings (SSSR count). The molecule has 1 aliphatic rings. The van der Waals surface area contributed by atoms with Gasteiger partial charge in [0.2, 0.25) is 0 Å². The summed E-state index contributed by atoms with van der Waals surface area (Å²) in [5.41, 5.74) is 1.18. The van der Waals surface area contributed by atoms with Crippen molar-refractivity contribution in [1.82, 2.24) is 5.32 Å². The van der Waals surface area contributed by atoms with E-state index in [0.29, 0.717) is 6.54 Å². The van der Waals surface area contributed by atoms with Gasteiger partial charge in [-0.25, -0.2) is 0 Å². The summed E-state index contributed by atoms with van der Waals surface area (Å²) in [7, 11) is -2.30. The number of hydrogen-bond acceptors (Lipinski definition) is 5. The van der Waals surface area contributed by atoms with Crippen molar-refractivity contribution in [3.05, 3.63) is 28.8 Å². The summed E-state index contributed by atoms with van der Waals surface area (Å²) in [6, 6.07) is 6.03. The van der Waals surface area contributed by atoms with Crippen LogP contribution in [0.5, 0.6) is 5.75 Å². The van der Waals surface area contributed by atoms with Crippen LogP contribution in [0.2, 0.25) is 5.02 Å². The van der Waals surface area contributed by atoms with Crippen LogP contribution >= 0.6 is 20.2 Å². The second kappa shape index (κ2) is 12.1. The van der Waals surface area contributed by atoms with Crippen molar-refractivity contribution in [3.63, 3.8) is 0 Å². The second-order valence-electron chi connectivity index (χ2n) is 6.90. The van der Waals surface area contributed by atoms with Gasteiger partial charge in [-0.1, -0.05) is 56.7 Å². The van der Waals surface area contributed by atoms with E-state index in [1.165, 1.54) is 44.1 Å². The number of nitrogens with one attached hydrogen (secondary N) is 1. The molecule has 1 heterocycles. The van der Waals surface area contributed by atoms with Gasteiger partial charge in [-0.3, -0.25) is 0 Å². The van der Waals surface area contributed by atoms with E-state index in [-0.39, 0.29) is 18.8 Å². The summed E-state index contributed by atoms with van der Waals surface area (Å²) in [5.74, 6) is 0.779. The molecule has 0 bridgehead atoms. The van der Waals surface area contributed by atoms with Crippen molar-refractivity contribution >= 4 is 20.2 Å². The highest BCUT2D eigenvalue weighted by atomic mass is 35.5. The number of benzene rings is 1. The Bertz CT molecular complexity index is 532. The standard InChI is InChI=1S/C19H31ClNO4P/c1-2-3-4-5-6-7-8-15-9-10-17(12-19(15)20)25-18-11-16(21-13-18)14-24-26(22)23/h9-10,12,16,18,21-23H,2-8,11,13-14H2,1H3/t16-,18?/m1/s1. The lowest BCUT2D eigenvalue weighted by Crippen LogP contribution is -2.26. The zero-order valence-electron chi connectivity index (χ0n) is 15.5. The molecular formula is C19H31ClNO4P. The van der Waals surface area contributed by atoms with E-state index >= 15 is 0 Å². The Hall–Kier alpha value is -0.420. The number of rotatable bonds is 12. The van der Waals surface area contributed by atoms with Crippen LogP contribution in [-0.2, 0) is 10.9 Å². The van der Waals surface area contributed by atoms with Crippen molar-refractivity contribution < 1.29 is 19.0 Å². The van der Waals surface area contributed by atoms with Gasteiger partial charge in [0.15, 0.2) is 0 Å². The number of hydrogen-bond donors (Lipinski definition) is 3. The lowest BCUT2D eigenvalue weighted by atomic mass is 10.0. The topological polar surface area (TPSA) is 71.0 Å². The van der Waals surface area contributed by atoms with E-state index < -0.39 is 8.60 Å². The lowest BCUT2D eigenvalue weighted by molar-refractivity contribution is 0.202. The van der Waals surface area contributed by atoms with Crippen molar-refractivity contribution in [1.29, 1.82) is 0 Å². The van der Waals surface area contributed by atoms with Gasteiger partial charge < -0.3 is 24.4 Å². The average molecular weight is 404 g/mol. The van der Waals surface area contributed by atoms with E-state index in [9.17, 15) is 0 Å². The van der Waals surface area contributed by atoms with Crippen LogP contribution in [0, 0.1) is 0 Å². The third-order valence-electron chi connectivity index (χ3n) is 4.70. The summed E-state index contributed by atoms with van der Waals surface area (Å²) < 4.78 is 10.9. The van der Waals surface area contributed by atoms with Crippen molar-refractivity contribution in [3.8, 4) is 5.75 Å². The van der Waals surface area contributed by atoms with E-state index in [1.54, 1.807) is 0 Å². The van der Waals surface area contributed by atoms with Crippen molar-refractivity contribution in [2.45, 2.75) is 70.4 Å². The molecule has 1 fully saturated rings. The molecule has 5 nitrogen and oxygen atoms in total.